The van der Waals surface area contributed by atoms with Gasteiger partial charge in [0.25, 0.3) is 0 Å². The standard InChI is InChI=1S/C26H25Cl2N7O/c1-15(2)34-14-29-25(36)26(34)12-33(13-26)24-21-22(16(3)31-32-24)35(18-10-8-17(27)9-11-18)23(30-21)19-6-4-5-7-20(19)28/h4-11,15H,12-14H2,1-3H3,(H,29,36). The highest BCUT2D eigenvalue weighted by Gasteiger charge is 2.58. The Morgan fingerprint density at radius 1 is 1.03 bits per heavy atom. The highest BCUT2D eigenvalue weighted by Crippen LogP contribution is 2.40. The first-order valence-electron chi connectivity index (χ1n) is 11.9. The Kier molecular flexibility index (Phi) is 5.44. The van der Waals surface area contributed by atoms with E-state index in [0.29, 0.717) is 41.4 Å². The second-order valence-corrected chi connectivity index (χ2v) is 10.5. The van der Waals surface area contributed by atoms with E-state index in [-0.39, 0.29) is 11.9 Å². The first-order valence-corrected chi connectivity index (χ1v) is 12.6. The monoisotopic (exact) mass is 521 g/mol. The average molecular weight is 522 g/mol. The highest BCUT2D eigenvalue weighted by atomic mass is 35.5. The highest BCUT2D eigenvalue weighted by molar-refractivity contribution is 6.33. The van der Waals surface area contributed by atoms with Crippen LogP contribution in [0.4, 0.5) is 5.82 Å². The van der Waals surface area contributed by atoms with E-state index in [9.17, 15) is 4.79 Å². The lowest BCUT2D eigenvalue weighted by atomic mass is 9.87. The zero-order valence-corrected chi connectivity index (χ0v) is 21.7. The van der Waals surface area contributed by atoms with Crippen molar-refractivity contribution in [2.45, 2.75) is 32.4 Å². The molecule has 0 bridgehead atoms. The van der Waals surface area contributed by atoms with Crippen molar-refractivity contribution in [1.29, 1.82) is 0 Å². The molecule has 0 atom stereocenters. The summed E-state index contributed by atoms with van der Waals surface area (Å²) in [6, 6.07) is 15.5. The van der Waals surface area contributed by atoms with Gasteiger partial charge in [-0.25, -0.2) is 4.98 Å². The van der Waals surface area contributed by atoms with Gasteiger partial charge in [-0.1, -0.05) is 35.3 Å². The number of imidazole rings is 1. The molecular formula is C26H25Cl2N7O. The van der Waals surface area contributed by atoms with Gasteiger partial charge in [0.15, 0.2) is 5.82 Å². The fraction of sp³-hybridized carbons (Fsp3) is 0.308. The third kappa shape index (κ3) is 3.39. The number of halogens is 2. The molecule has 2 saturated heterocycles. The molecular weight excluding hydrogens is 497 g/mol. The van der Waals surface area contributed by atoms with E-state index in [2.05, 4.69) is 43.7 Å². The molecule has 2 fully saturated rings. The zero-order chi connectivity index (χ0) is 25.2. The molecule has 10 heteroatoms. The summed E-state index contributed by atoms with van der Waals surface area (Å²) in [5, 5.41) is 13.3. The second-order valence-electron chi connectivity index (χ2n) is 9.65. The molecule has 0 aliphatic carbocycles. The number of anilines is 1. The summed E-state index contributed by atoms with van der Waals surface area (Å²) in [4.78, 5) is 22.2. The summed E-state index contributed by atoms with van der Waals surface area (Å²) in [7, 11) is 0. The Morgan fingerprint density at radius 2 is 1.75 bits per heavy atom. The van der Waals surface area contributed by atoms with Gasteiger partial charge in [-0.3, -0.25) is 14.3 Å². The van der Waals surface area contributed by atoms with E-state index < -0.39 is 5.54 Å². The lowest BCUT2D eigenvalue weighted by Crippen LogP contribution is -2.72. The Labute approximate surface area is 218 Å². The Morgan fingerprint density at radius 3 is 2.44 bits per heavy atom. The van der Waals surface area contributed by atoms with Crippen LogP contribution in [0.1, 0.15) is 19.5 Å². The minimum absolute atomic E-state index is 0.0622. The molecule has 184 valence electrons. The number of carbonyl (C=O) groups excluding carboxylic acids is 1. The van der Waals surface area contributed by atoms with Gasteiger partial charge >= 0.3 is 0 Å². The van der Waals surface area contributed by atoms with Gasteiger partial charge in [-0.15, -0.1) is 5.10 Å². The van der Waals surface area contributed by atoms with Crippen LogP contribution in [0.2, 0.25) is 10.0 Å². The number of aromatic nitrogens is 4. The van der Waals surface area contributed by atoms with Crippen molar-refractivity contribution in [2.75, 3.05) is 24.7 Å². The molecule has 4 aromatic rings. The molecule has 1 amide bonds. The Bertz CT molecular complexity index is 1490. The fourth-order valence-electron chi connectivity index (χ4n) is 5.34. The van der Waals surface area contributed by atoms with Crippen molar-refractivity contribution in [2.24, 2.45) is 0 Å². The quantitative estimate of drug-likeness (QED) is 0.427. The molecule has 0 saturated carbocycles. The van der Waals surface area contributed by atoms with Gasteiger partial charge in [0.05, 0.1) is 17.4 Å². The summed E-state index contributed by atoms with van der Waals surface area (Å²) in [6.45, 7) is 7.75. The van der Waals surface area contributed by atoms with E-state index in [1.54, 1.807) is 0 Å². The predicted octanol–water partition coefficient (Wildman–Crippen LogP) is 4.45. The van der Waals surface area contributed by atoms with Gasteiger partial charge in [0.1, 0.15) is 22.4 Å². The van der Waals surface area contributed by atoms with Crippen LogP contribution < -0.4 is 10.2 Å². The molecule has 2 aromatic heterocycles. The van der Waals surface area contributed by atoms with Crippen molar-refractivity contribution < 1.29 is 4.79 Å². The summed E-state index contributed by atoms with van der Waals surface area (Å²) in [5.74, 6) is 1.41. The van der Waals surface area contributed by atoms with Gasteiger partial charge in [-0.05, 0) is 57.2 Å². The number of amides is 1. The third-order valence-corrected chi connectivity index (χ3v) is 7.72. The van der Waals surface area contributed by atoms with E-state index in [1.807, 2.05) is 55.5 Å². The summed E-state index contributed by atoms with van der Waals surface area (Å²) < 4.78 is 2.05. The second kappa shape index (κ2) is 8.44. The van der Waals surface area contributed by atoms with Gasteiger partial charge in [-0.2, -0.15) is 5.10 Å². The fourth-order valence-corrected chi connectivity index (χ4v) is 5.69. The lowest BCUT2D eigenvalue weighted by molar-refractivity contribution is -0.128. The molecule has 2 aliphatic heterocycles. The van der Waals surface area contributed by atoms with Crippen LogP contribution in [0.3, 0.4) is 0 Å². The third-order valence-electron chi connectivity index (χ3n) is 7.14. The van der Waals surface area contributed by atoms with E-state index in [1.165, 1.54) is 0 Å². The van der Waals surface area contributed by atoms with Gasteiger partial charge < -0.3 is 10.2 Å². The number of carbonyl (C=O) groups is 1. The van der Waals surface area contributed by atoms with Crippen LogP contribution >= 0.6 is 23.2 Å². The number of hydrogen-bond acceptors (Lipinski definition) is 6. The first-order chi connectivity index (χ1) is 17.3. The van der Waals surface area contributed by atoms with Gasteiger partial charge in [0.2, 0.25) is 5.91 Å². The van der Waals surface area contributed by atoms with Crippen molar-refractivity contribution in [3.8, 4) is 17.1 Å². The molecule has 4 heterocycles. The summed E-state index contributed by atoms with van der Waals surface area (Å²) in [5.41, 5.74) is 3.44. The Balaban J connectivity index is 1.53. The van der Waals surface area contributed by atoms with Crippen LogP contribution in [-0.4, -0.2) is 61.9 Å². The number of aryl methyl sites for hydroxylation is 1. The average Bonchev–Trinajstić information content (AvgIpc) is 3.39. The van der Waals surface area contributed by atoms with Gasteiger partial charge in [0, 0.05) is 35.4 Å². The first kappa shape index (κ1) is 23.2. The molecule has 0 unspecified atom stereocenters. The minimum Gasteiger partial charge on any atom is -0.348 e. The maximum atomic E-state index is 12.8. The topological polar surface area (TPSA) is 79.2 Å². The largest absolute Gasteiger partial charge is 0.348 e. The molecule has 36 heavy (non-hydrogen) atoms. The lowest BCUT2D eigenvalue weighted by Gasteiger charge is -2.51. The molecule has 1 N–H and O–H groups in total. The molecule has 0 radical (unpaired) electrons. The van der Waals surface area contributed by atoms with Crippen molar-refractivity contribution in [1.82, 2.24) is 30.0 Å². The predicted molar refractivity (Wildman–Crippen MR) is 142 cm³/mol. The number of hydrogen-bond donors (Lipinski definition) is 1. The zero-order valence-electron chi connectivity index (χ0n) is 20.2. The molecule has 2 aliphatic rings. The van der Waals surface area contributed by atoms with E-state index in [4.69, 9.17) is 28.2 Å². The van der Waals surface area contributed by atoms with Crippen molar-refractivity contribution >= 4 is 46.0 Å². The maximum absolute atomic E-state index is 12.8. The molecule has 6 rings (SSSR count). The van der Waals surface area contributed by atoms with Crippen LogP contribution in [-0.2, 0) is 4.79 Å². The molecule has 8 nitrogen and oxygen atoms in total. The van der Waals surface area contributed by atoms with Crippen LogP contribution in [0.25, 0.3) is 28.1 Å². The summed E-state index contributed by atoms with van der Waals surface area (Å²) >= 11 is 12.8. The SMILES string of the molecule is Cc1nnc(N2CC3(C2)C(=O)NCN3C(C)C)c2nc(-c3ccccc3Cl)n(-c3ccc(Cl)cc3)c12. The summed E-state index contributed by atoms with van der Waals surface area (Å²) in [6.07, 6.45) is 0. The van der Waals surface area contributed by atoms with Crippen LogP contribution in [0.5, 0.6) is 0 Å². The smallest absolute Gasteiger partial charge is 0.245 e. The number of nitrogens with zero attached hydrogens (tertiary/aromatic N) is 6. The number of nitrogens with one attached hydrogen (secondary N) is 1. The van der Waals surface area contributed by atoms with Crippen molar-refractivity contribution in [3.05, 3.63) is 64.3 Å². The molecule has 2 aromatic carbocycles. The number of rotatable bonds is 4. The minimum atomic E-state index is -0.558. The van der Waals surface area contributed by atoms with Crippen LogP contribution in [0, 0.1) is 6.92 Å². The van der Waals surface area contributed by atoms with E-state index >= 15 is 0 Å². The Hall–Kier alpha value is -3.20. The number of fused-ring (bicyclic) bond motifs is 1. The van der Waals surface area contributed by atoms with E-state index in [0.717, 1.165) is 28.0 Å². The molecule has 1 spiro atoms. The van der Waals surface area contributed by atoms with Crippen molar-refractivity contribution in [3.63, 3.8) is 0 Å². The van der Waals surface area contributed by atoms with Crippen LogP contribution in [0.15, 0.2) is 48.5 Å². The number of benzene rings is 2. The normalized spacial score (nSPS) is 17.3. The maximum Gasteiger partial charge on any atom is 0.245 e.